The smallest absolute Gasteiger partial charge is 0.133 e. The Morgan fingerprint density at radius 3 is 3.00 bits per heavy atom. The van der Waals surface area contributed by atoms with Gasteiger partial charge in [0.1, 0.15) is 11.0 Å². The van der Waals surface area contributed by atoms with Gasteiger partial charge in [-0.05, 0) is 38.7 Å². The SMILES string of the molecule is Cc1nc2c(n1Cc1cccnc1Cl)CCCC2. The van der Waals surface area contributed by atoms with Gasteiger partial charge in [0.2, 0.25) is 0 Å². The molecule has 0 radical (unpaired) electrons. The minimum Gasteiger partial charge on any atom is -0.327 e. The van der Waals surface area contributed by atoms with Gasteiger partial charge in [-0.2, -0.15) is 0 Å². The Balaban J connectivity index is 1.98. The second-order valence-corrected chi connectivity index (χ2v) is 5.16. The molecule has 0 aromatic carbocycles. The van der Waals surface area contributed by atoms with Crippen molar-refractivity contribution in [1.82, 2.24) is 14.5 Å². The van der Waals surface area contributed by atoms with Crippen LogP contribution in [0.2, 0.25) is 5.15 Å². The van der Waals surface area contributed by atoms with Crippen LogP contribution < -0.4 is 0 Å². The van der Waals surface area contributed by atoms with Crippen molar-refractivity contribution in [3.8, 4) is 0 Å². The van der Waals surface area contributed by atoms with Crippen molar-refractivity contribution in [3.63, 3.8) is 0 Å². The lowest BCUT2D eigenvalue weighted by Gasteiger charge is -2.15. The van der Waals surface area contributed by atoms with Gasteiger partial charge in [0.15, 0.2) is 0 Å². The van der Waals surface area contributed by atoms with Crippen molar-refractivity contribution in [2.75, 3.05) is 0 Å². The van der Waals surface area contributed by atoms with Gasteiger partial charge in [0.05, 0.1) is 12.2 Å². The van der Waals surface area contributed by atoms with Crippen LogP contribution in [0.3, 0.4) is 0 Å². The Morgan fingerprint density at radius 2 is 2.17 bits per heavy atom. The summed E-state index contributed by atoms with van der Waals surface area (Å²) in [5.74, 6) is 1.09. The predicted octanol–water partition coefficient (Wildman–Crippen LogP) is 3.17. The Kier molecular flexibility index (Phi) is 3.08. The van der Waals surface area contributed by atoms with E-state index in [1.165, 1.54) is 24.2 Å². The molecule has 1 aliphatic rings. The van der Waals surface area contributed by atoms with Crippen molar-refractivity contribution in [2.45, 2.75) is 39.2 Å². The maximum atomic E-state index is 6.13. The molecule has 0 spiro atoms. The fourth-order valence-electron chi connectivity index (χ4n) is 2.65. The monoisotopic (exact) mass is 261 g/mol. The topological polar surface area (TPSA) is 30.7 Å². The third kappa shape index (κ3) is 2.03. The number of hydrogen-bond acceptors (Lipinski definition) is 2. The van der Waals surface area contributed by atoms with Crippen LogP contribution in [0.25, 0.3) is 0 Å². The molecule has 2 aromatic rings. The number of aromatic nitrogens is 3. The van der Waals surface area contributed by atoms with Gasteiger partial charge in [0.25, 0.3) is 0 Å². The van der Waals surface area contributed by atoms with Gasteiger partial charge in [-0.25, -0.2) is 9.97 Å². The first-order chi connectivity index (χ1) is 8.75. The van der Waals surface area contributed by atoms with Crippen LogP contribution in [-0.4, -0.2) is 14.5 Å². The lowest BCUT2D eigenvalue weighted by atomic mass is 10.0. The van der Waals surface area contributed by atoms with Crippen molar-refractivity contribution in [3.05, 3.63) is 46.3 Å². The van der Waals surface area contributed by atoms with Crippen molar-refractivity contribution < 1.29 is 0 Å². The molecule has 0 aliphatic heterocycles. The van der Waals surface area contributed by atoms with Crippen molar-refractivity contribution in [1.29, 1.82) is 0 Å². The summed E-state index contributed by atoms with van der Waals surface area (Å²) in [5.41, 5.74) is 3.73. The molecule has 1 aliphatic carbocycles. The molecule has 0 amide bonds. The van der Waals surface area contributed by atoms with Crippen LogP contribution in [0.4, 0.5) is 0 Å². The zero-order valence-electron chi connectivity index (χ0n) is 10.5. The van der Waals surface area contributed by atoms with Gasteiger partial charge in [-0.3, -0.25) is 0 Å². The average Bonchev–Trinajstić information content (AvgIpc) is 2.69. The van der Waals surface area contributed by atoms with Crippen molar-refractivity contribution >= 4 is 11.6 Å². The zero-order valence-corrected chi connectivity index (χ0v) is 11.2. The lowest BCUT2D eigenvalue weighted by Crippen LogP contribution is -2.10. The third-order valence-electron chi connectivity index (χ3n) is 3.59. The van der Waals surface area contributed by atoms with Crippen LogP contribution in [0.1, 0.15) is 35.6 Å². The molecular formula is C14H16ClN3. The van der Waals surface area contributed by atoms with Crippen molar-refractivity contribution in [2.24, 2.45) is 0 Å². The highest BCUT2D eigenvalue weighted by atomic mass is 35.5. The van der Waals surface area contributed by atoms with E-state index in [-0.39, 0.29) is 0 Å². The number of imidazole rings is 1. The maximum absolute atomic E-state index is 6.13. The first kappa shape index (κ1) is 11.7. The van der Waals surface area contributed by atoms with Gasteiger partial charge in [-0.1, -0.05) is 17.7 Å². The second-order valence-electron chi connectivity index (χ2n) is 4.80. The van der Waals surface area contributed by atoms with E-state index in [2.05, 4.69) is 21.5 Å². The molecule has 4 heteroatoms. The molecule has 3 rings (SSSR count). The summed E-state index contributed by atoms with van der Waals surface area (Å²) in [4.78, 5) is 8.81. The largest absolute Gasteiger partial charge is 0.327 e. The standard InChI is InChI=1S/C14H16ClN3/c1-10-17-12-6-2-3-7-13(12)18(10)9-11-5-4-8-16-14(11)15/h4-5,8H,2-3,6-7,9H2,1H3. The molecule has 0 fully saturated rings. The maximum Gasteiger partial charge on any atom is 0.133 e. The predicted molar refractivity (Wildman–Crippen MR) is 72.0 cm³/mol. The Hall–Kier alpha value is -1.35. The van der Waals surface area contributed by atoms with Gasteiger partial charge >= 0.3 is 0 Å². The van der Waals surface area contributed by atoms with E-state index in [0.29, 0.717) is 5.15 Å². The Morgan fingerprint density at radius 1 is 1.33 bits per heavy atom. The summed E-state index contributed by atoms with van der Waals surface area (Å²) < 4.78 is 2.29. The number of hydrogen-bond donors (Lipinski definition) is 0. The van der Waals surface area contributed by atoms with Gasteiger partial charge < -0.3 is 4.57 Å². The van der Waals surface area contributed by atoms with Crippen LogP contribution in [0.15, 0.2) is 18.3 Å². The van der Waals surface area contributed by atoms with Gasteiger partial charge in [-0.15, -0.1) is 0 Å². The minimum absolute atomic E-state index is 0.593. The number of rotatable bonds is 2. The van der Waals surface area contributed by atoms with E-state index in [1.54, 1.807) is 6.20 Å². The molecule has 94 valence electrons. The normalized spacial score (nSPS) is 14.6. The zero-order chi connectivity index (χ0) is 12.5. The number of halogens is 1. The molecule has 18 heavy (non-hydrogen) atoms. The molecule has 2 aromatic heterocycles. The molecule has 0 unspecified atom stereocenters. The lowest BCUT2D eigenvalue weighted by molar-refractivity contribution is 0.624. The van der Waals surface area contributed by atoms with E-state index in [1.807, 2.05) is 12.1 Å². The van der Waals surface area contributed by atoms with E-state index in [9.17, 15) is 0 Å². The quantitative estimate of drug-likeness (QED) is 0.778. The molecular weight excluding hydrogens is 246 g/mol. The number of fused-ring (bicyclic) bond motifs is 1. The number of aryl methyl sites for hydroxylation is 2. The van der Waals surface area contributed by atoms with E-state index in [0.717, 1.165) is 30.8 Å². The average molecular weight is 262 g/mol. The van der Waals surface area contributed by atoms with Gasteiger partial charge in [0, 0.05) is 17.5 Å². The molecule has 0 N–H and O–H groups in total. The number of pyridine rings is 1. The van der Waals surface area contributed by atoms with E-state index in [4.69, 9.17) is 11.6 Å². The fourth-order valence-corrected chi connectivity index (χ4v) is 2.83. The summed E-state index contributed by atoms with van der Waals surface area (Å²) in [6.45, 7) is 2.85. The first-order valence-corrected chi connectivity index (χ1v) is 6.78. The van der Waals surface area contributed by atoms with Crippen LogP contribution in [-0.2, 0) is 19.4 Å². The molecule has 0 bridgehead atoms. The highest BCUT2D eigenvalue weighted by Gasteiger charge is 2.18. The molecule has 0 atom stereocenters. The molecule has 2 heterocycles. The second kappa shape index (κ2) is 4.73. The minimum atomic E-state index is 0.593. The summed E-state index contributed by atoms with van der Waals surface area (Å²) in [5, 5.41) is 0.593. The van der Waals surface area contributed by atoms with E-state index < -0.39 is 0 Å². The third-order valence-corrected chi connectivity index (χ3v) is 3.93. The van der Waals surface area contributed by atoms with Crippen LogP contribution >= 0.6 is 11.6 Å². The summed E-state index contributed by atoms with van der Waals surface area (Å²) in [6.07, 6.45) is 6.50. The van der Waals surface area contributed by atoms with Crippen LogP contribution in [0, 0.1) is 6.92 Å². The van der Waals surface area contributed by atoms with E-state index >= 15 is 0 Å². The number of nitrogens with zero attached hydrogens (tertiary/aromatic N) is 3. The fraction of sp³-hybridized carbons (Fsp3) is 0.429. The molecule has 3 nitrogen and oxygen atoms in total. The summed E-state index contributed by atoms with van der Waals surface area (Å²) in [6, 6.07) is 3.96. The molecule has 0 saturated heterocycles. The van der Waals surface area contributed by atoms with Crippen LogP contribution in [0.5, 0.6) is 0 Å². The summed E-state index contributed by atoms with van der Waals surface area (Å²) >= 11 is 6.13. The first-order valence-electron chi connectivity index (χ1n) is 6.40. The Bertz CT molecular complexity index is 574. The highest BCUT2D eigenvalue weighted by molar-refractivity contribution is 6.30. The molecule has 0 saturated carbocycles. The highest BCUT2D eigenvalue weighted by Crippen LogP contribution is 2.24. The summed E-state index contributed by atoms with van der Waals surface area (Å²) in [7, 11) is 0. The Labute approximate surface area is 112 Å².